The van der Waals surface area contributed by atoms with E-state index in [2.05, 4.69) is 31.2 Å². The van der Waals surface area contributed by atoms with E-state index >= 15 is 4.39 Å². The molecule has 10 heteroatoms. The molecule has 4 rings (SSSR count). The summed E-state index contributed by atoms with van der Waals surface area (Å²) in [6, 6.07) is 16.1. The fourth-order valence-electron chi connectivity index (χ4n) is 4.57. The van der Waals surface area contributed by atoms with Gasteiger partial charge in [0.2, 0.25) is 5.95 Å². The van der Waals surface area contributed by atoms with Crippen molar-refractivity contribution in [1.29, 1.82) is 0 Å². The molecule has 0 radical (unpaired) electrons. The molecule has 0 saturated carbocycles. The molecule has 1 aliphatic heterocycles. The van der Waals surface area contributed by atoms with E-state index in [-0.39, 0.29) is 28.1 Å². The van der Waals surface area contributed by atoms with Crippen molar-refractivity contribution in [3.05, 3.63) is 82.2 Å². The van der Waals surface area contributed by atoms with Gasteiger partial charge in [0.25, 0.3) is 5.91 Å². The number of amides is 2. The van der Waals surface area contributed by atoms with E-state index in [9.17, 15) is 9.59 Å². The number of nitrogens with zero attached hydrogens (tertiary/aromatic N) is 4. The fraction of sp³-hybridized carbons (Fsp3) is 0.400. The first-order chi connectivity index (χ1) is 19.0. The molecule has 1 atom stereocenters. The van der Waals surface area contributed by atoms with Crippen LogP contribution in [0.3, 0.4) is 0 Å². The lowest BCUT2D eigenvalue weighted by atomic mass is 9.96. The largest absolute Gasteiger partial charge is 0.444 e. The van der Waals surface area contributed by atoms with Crippen molar-refractivity contribution in [3.63, 3.8) is 0 Å². The Kier molecular flexibility index (Phi) is 9.40. The van der Waals surface area contributed by atoms with Gasteiger partial charge in [0.05, 0.1) is 16.1 Å². The highest BCUT2D eigenvalue weighted by Gasteiger charge is 2.31. The Bertz CT molecular complexity index is 1330. The standard InChI is InChI=1S/C30H35BrFN5O3/c1-20(22-9-6-5-7-10-22)34-28-33-16-13-25(35-28)37(27(38)23-11-8-12-24(31)26(23)32)19-21-14-17-36(18-15-21)29(39)40-30(2,3)4/h5-13,16,20-21H,14-15,17-19H2,1-4H3,(H,33,34,35)/t20-/m0/s1. The second-order valence-corrected chi connectivity index (χ2v) is 11.8. The molecular formula is C30H35BrFN5O3. The van der Waals surface area contributed by atoms with Gasteiger partial charge in [-0.25, -0.2) is 14.2 Å². The maximum absolute atomic E-state index is 15.0. The van der Waals surface area contributed by atoms with Crippen molar-refractivity contribution >= 4 is 39.7 Å². The molecule has 0 spiro atoms. The minimum absolute atomic E-state index is 0.0497. The highest BCUT2D eigenvalue weighted by molar-refractivity contribution is 9.10. The summed E-state index contributed by atoms with van der Waals surface area (Å²) in [5.74, 6) is -0.304. The molecule has 3 aromatic rings. The van der Waals surface area contributed by atoms with Crippen molar-refractivity contribution in [2.24, 2.45) is 5.92 Å². The van der Waals surface area contributed by atoms with Gasteiger partial charge in [-0.3, -0.25) is 9.69 Å². The van der Waals surface area contributed by atoms with Gasteiger partial charge < -0.3 is 15.0 Å². The summed E-state index contributed by atoms with van der Waals surface area (Å²) < 4.78 is 20.7. The number of piperidine rings is 1. The van der Waals surface area contributed by atoms with Gasteiger partial charge in [0.1, 0.15) is 17.2 Å². The number of benzene rings is 2. The van der Waals surface area contributed by atoms with Crippen LogP contribution >= 0.6 is 15.9 Å². The van der Waals surface area contributed by atoms with E-state index in [0.717, 1.165) is 5.56 Å². The first-order valence-electron chi connectivity index (χ1n) is 13.4. The van der Waals surface area contributed by atoms with E-state index in [0.29, 0.717) is 44.2 Å². The topological polar surface area (TPSA) is 87.7 Å². The molecule has 0 aliphatic carbocycles. The zero-order valence-corrected chi connectivity index (χ0v) is 24.8. The summed E-state index contributed by atoms with van der Waals surface area (Å²) >= 11 is 3.19. The molecule has 2 aromatic carbocycles. The molecule has 1 saturated heterocycles. The van der Waals surface area contributed by atoms with Crippen molar-refractivity contribution in [1.82, 2.24) is 14.9 Å². The number of aromatic nitrogens is 2. The second-order valence-electron chi connectivity index (χ2n) is 10.9. The van der Waals surface area contributed by atoms with Crippen molar-refractivity contribution in [3.8, 4) is 0 Å². The molecule has 2 heterocycles. The summed E-state index contributed by atoms with van der Waals surface area (Å²) in [5.41, 5.74) is 0.450. The molecule has 1 aliphatic rings. The maximum Gasteiger partial charge on any atom is 0.410 e. The Balaban J connectivity index is 1.55. The zero-order chi connectivity index (χ0) is 28.9. The van der Waals surface area contributed by atoms with Crippen molar-refractivity contribution in [2.45, 2.75) is 52.2 Å². The molecule has 2 amide bonds. The minimum Gasteiger partial charge on any atom is -0.444 e. The number of likely N-dealkylation sites (tertiary alicyclic amines) is 1. The predicted octanol–water partition coefficient (Wildman–Crippen LogP) is 6.85. The fourth-order valence-corrected chi connectivity index (χ4v) is 4.93. The van der Waals surface area contributed by atoms with E-state index in [4.69, 9.17) is 4.74 Å². The summed E-state index contributed by atoms with van der Waals surface area (Å²) in [4.78, 5) is 38.5. The quantitative estimate of drug-likeness (QED) is 0.314. The van der Waals surface area contributed by atoms with Crippen LogP contribution in [-0.4, -0.2) is 52.1 Å². The molecule has 1 fully saturated rings. The third kappa shape index (κ3) is 7.56. The third-order valence-electron chi connectivity index (χ3n) is 6.70. The Morgan fingerprint density at radius 1 is 1.12 bits per heavy atom. The summed E-state index contributed by atoms with van der Waals surface area (Å²) in [6.45, 7) is 8.87. The van der Waals surface area contributed by atoms with Crippen LogP contribution in [0.4, 0.5) is 21.0 Å². The van der Waals surface area contributed by atoms with E-state index in [1.807, 2.05) is 58.0 Å². The lowest BCUT2D eigenvalue weighted by Crippen LogP contribution is -2.45. The molecule has 0 bridgehead atoms. The summed E-state index contributed by atoms with van der Waals surface area (Å²) in [5, 5.41) is 3.29. The molecule has 8 nitrogen and oxygen atoms in total. The van der Waals surface area contributed by atoms with Crippen molar-refractivity contribution in [2.75, 3.05) is 29.9 Å². The van der Waals surface area contributed by atoms with Gasteiger partial charge in [0, 0.05) is 25.8 Å². The third-order valence-corrected chi connectivity index (χ3v) is 7.31. The normalized spacial score (nSPS) is 14.9. The predicted molar refractivity (Wildman–Crippen MR) is 157 cm³/mol. The van der Waals surface area contributed by atoms with Crippen LogP contribution in [0.1, 0.15) is 62.5 Å². The van der Waals surface area contributed by atoms with Gasteiger partial charge in [-0.2, -0.15) is 4.98 Å². The molecule has 1 N–H and O–H groups in total. The number of carbonyl (C=O) groups is 2. The van der Waals surface area contributed by atoms with Crippen LogP contribution in [0.5, 0.6) is 0 Å². The minimum atomic E-state index is -0.623. The van der Waals surface area contributed by atoms with Crippen LogP contribution in [-0.2, 0) is 4.74 Å². The Hall–Kier alpha value is -3.53. The first-order valence-corrected chi connectivity index (χ1v) is 14.2. The van der Waals surface area contributed by atoms with E-state index in [1.165, 1.54) is 11.0 Å². The van der Waals surface area contributed by atoms with Gasteiger partial charge in [0.15, 0.2) is 0 Å². The lowest BCUT2D eigenvalue weighted by molar-refractivity contribution is 0.0185. The number of hydrogen-bond donors (Lipinski definition) is 1. The smallest absolute Gasteiger partial charge is 0.410 e. The number of anilines is 2. The van der Waals surface area contributed by atoms with Crippen LogP contribution < -0.4 is 10.2 Å². The molecule has 0 unspecified atom stereocenters. The van der Waals surface area contributed by atoms with Gasteiger partial charge >= 0.3 is 6.09 Å². The number of nitrogens with one attached hydrogen (secondary N) is 1. The number of hydrogen-bond acceptors (Lipinski definition) is 6. The second kappa shape index (κ2) is 12.8. The monoisotopic (exact) mass is 611 g/mol. The van der Waals surface area contributed by atoms with Crippen LogP contribution in [0, 0.1) is 11.7 Å². The van der Waals surface area contributed by atoms with E-state index < -0.39 is 17.3 Å². The van der Waals surface area contributed by atoms with E-state index in [1.54, 1.807) is 29.3 Å². The maximum atomic E-state index is 15.0. The van der Waals surface area contributed by atoms with Gasteiger partial charge in [-0.05, 0) is 86.1 Å². The summed E-state index contributed by atoms with van der Waals surface area (Å²) in [6.07, 6.45) is 2.59. The number of ether oxygens (including phenoxy) is 1. The molecule has 40 heavy (non-hydrogen) atoms. The van der Waals surface area contributed by atoms with Crippen LogP contribution in [0.2, 0.25) is 0 Å². The Morgan fingerprint density at radius 2 is 1.82 bits per heavy atom. The number of halogens is 2. The Morgan fingerprint density at radius 3 is 2.50 bits per heavy atom. The van der Waals surface area contributed by atoms with Gasteiger partial charge in [-0.15, -0.1) is 0 Å². The summed E-state index contributed by atoms with van der Waals surface area (Å²) in [7, 11) is 0. The SMILES string of the molecule is C[C@H](Nc1nccc(N(CC2CCN(C(=O)OC(C)(C)C)CC2)C(=O)c2cccc(Br)c2F)n1)c1ccccc1. The lowest BCUT2D eigenvalue weighted by Gasteiger charge is -2.35. The average molecular weight is 613 g/mol. The number of rotatable bonds is 7. The number of carbonyl (C=O) groups excluding carboxylic acids is 2. The average Bonchev–Trinajstić information content (AvgIpc) is 2.93. The van der Waals surface area contributed by atoms with Crippen molar-refractivity contribution < 1.29 is 18.7 Å². The molecule has 212 valence electrons. The molecule has 1 aromatic heterocycles. The van der Waals surface area contributed by atoms with Gasteiger partial charge in [-0.1, -0.05) is 36.4 Å². The zero-order valence-electron chi connectivity index (χ0n) is 23.2. The Labute approximate surface area is 243 Å². The van der Waals surface area contributed by atoms with Crippen LogP contribution in [0.25, 0.3) is 0 Å². The highest BCUT2D eigenvalue weighted by Crippen LogP contribution is 2.27. The van der Waals surface area contributed by atoms with Crippen LogP contribution in [0.15, 0.2) is 65.3 Å². The first kappa shape index (κ1) is 29.5. The highest BCUT2D eigenvalue weighted by atomic mass is 79.9. The molecular weight excluding hydrogens is 577 g/mol.